The highest BCUT2D eigenvalue weighted by Gasteiger charge is 2.31. The van der Waals surface area contributed by atoms with Crippen molar-refractivity contribution < 1.29 is 22.6 Å². The fraction of sp³-hybridized carbons (Fsp3) is 0.385. The molecule has 0 saturated carbocycles. The standard InChI is InChI=1S/C11H9F3O2.C2H6/c1-7-4-8-2-3-9(16-11(12,13)14)5-10(8)15-6-7;1-2/h2-5H,6H2,1H3;1-2H3. The van der Waals surface area contributed by atoms with E-state index in [4.69, 9.17) is 4.74 Å². The zero-order valence-electron chi connectivity index (χ0n) is 10.5. The second-order valence-electron chi connectivity index (χ2n) is 3.53. The third-order valence-electron chi connectivity index (χ3n) is 2.08. The molecule has 0 bridgehead atoms. The first-order valence-corrected chi connectivity index (χ1v) is 5.64. The van der Waals surface area contributed by atoms with E-state index in [-0.39, 0.29) is 5.75 Å². The molecule has 0 unspecified atom stereocenters. The summed E-state index contributed by atoms with van der Waals surface area (Å²) in [5.41, 5.74) is 1.79. The molecule has 0 aromatic heterocycles. The molecule has 1 heterocycles. The minimum Gasteiger partial charge on any atom is -0.488 e. The van der Waals surface area contributed by atoms with Gasteiger partial charge in [0, 0.05) is 11.6 Å². The minimum atomic E-state index is -4.67. The van der Waals surface area contributed by atoms with E-state index >= 15 is 0 Å². The Bertz CT molecular complexity index is 436. The summed E-state index contributed by atoms with van der Waals surface area (Å²) in [5.74, 6) is 0.145. The maximum atomic E-state index is 12.0. The number of hydrogen-bond acceptors (Lipinski definition) is 2. The predicted molar refractivity (Wildman–Crippen MR) is 63.6 cm³/mol. The molecule has 0 atom stereocenters. The van der Waals surface area contributed by atoms with Gasteiger partial charge >= 0.3 is 6.36 Å². The zero-order chi connectivity index (χ0) is 13.8. The lowest BCUT2D eigenvalue weighted by molar-refractivity contribution is -0.274. The maximum Gasteiger partial charge on any atom is 0.573 e. The van der Waals surface area contributed by atoms with Gasteiger partial charge in [-0.2, -0.15) is 0 Å². The van der Waals surface area contributed by atoms with Gasteiger partial charge in [-0.15, -0.1) is 13.2 Å². The monoisotopic (exact) mass is 260 g/mol. The first kappa shape index (κ1) is 14.4. The normalized spacial score (nSPS) is 13.6. The van der Waals surface area contributed by atoms with E-state index in [2.05, 4.69) is 4.74 Å². The molecule has 5 heteroatoms. The van der Waals surface area contributed by atoms with Crippen molar-refractivity contribution in [3.8, 4) is 11.5 Å². The highest BCUT2D eigenvalue weighted by molar-refractivity contribution is 5.63. The molecule has 2 rings (SSSR count). The predicted octanol–water partition coefficient (Wildman–Crippen LogP) is 4.41. The molecule has 0 amide bonds. The average Bonchev–Trinajstić information content (AvgIpc) is 2.30. The highest BCUT2D eigenvalue weighted by atomic mass is 19.4. The molecular formula is C13H15F3O2. The molecule has 0 saturated heterocycles. The van der Waals surface area contributed by atoms with Gasteiger partial charge in [-0.1, -0.05) is 13.8 Å². The molecule has 0 N–H and O–H groups in total. The third kappa shape index (κ3) is 3.98. The molecule has 1 aromatic rings. The van der Waals surface area contributed by atoms with Crippen LogP contribution in [0.3, 0.4) is 0 Å². The van der Waals surface area contributed by atoms with Crippen molar-refractivity contribution in [2.75, 3.05) is 6.61 Å². The molecular weight excluding hydrogens is 245 g/mol. The summed E-state index contributed by atoms with van der Waals surface area (Å²) in [6.07, 6.45) is -2.80. The van der Waals surface area contributed by atoms with Crippen LogP contribution in [0.25, 0.3) is 6.08 Å². The molecule has 100 valence electrons. The largest absolute Gasteiger partial charge is 0.573 e. The Labute approximate surface area is 104 Å². The summed E-state index contributed by atoms with van der Waals surface area (Å²) >= 11 is 0. The second-order valence-corrected chi connectivity index (χ2v) is 3.53. The SMILES string of the molecule is CC.CC1=Cc2ccc(OC(F)(F)F)cc2OC1. The lowest BCUT2D eigenvalue weighted by Crippen LogP contribution is -2.17. The van der Waals surface area contributed by atoms with Crippen molar-refractivity contribution in [1.82, 2.24) is 0 Å². The Balaban J connectivity index is 0.000000771. The van der Waals surface area contributed by atoms with Crippen molar-refractivity contribution in [1.29, 1.82) is 0 Å². The number of rotatable bonds is 1. The van der Waals surface area contributed by atoms with Crippen molar-refractivity contribution in [2.45, 2.75) is 27.1 Å². The summed E-state index contributed by atoms with van der Waals surface area (Å²) in [6, 6.07) is 4.05. The molecule has 1 aliphatic rings. The molecule has 1 aliphatic heterocycles. The fourth-order valence-electron chi connectivity index (χ4n) is 1.45. The number of fused-ring (bicyclic) bond motifs is 1. The maximum absolute atomic E-state index is 12.0. The van der Waals surface area contributed by atoms with Crippen LogP contribution in [0.5, 0.6) is 11.5 Å². The Kier molecular flexibility index (Phi) is 4.64. The minimum absolute atomic E-state index is 0.265. The summed E-state index contributed by atoms with van der Waals surface area (Å²) in [7, 11) is 0. The van der Waals surface area contributed by atoms with E-state index in [9.17, 15) is 13.2 Å². The van der Waals surface area contributed by atoms with Gasteiger partial charge in [0.05, 0.1) is 0 Å². The summed E-state index contributed by atoms with van der Waals surface area (Å²) in [5, 5.41) is 0. The van der Waals surface area contributed by atoms with Crippen molar-refractivity contribution in [3.05, 3.63) is 29.3 Å². The number of ether oxygens (including phenoxy) is 2. The van der Waals surface area contributed by atoms with Gasteiger partial charge in [-0.3, -0.25) is 0 Å². The van der Waals surface area contributed by atoms with Crippen LogP contribution >= 0.6 is 0 Å². The Morgan fingerprint density at radius 1 is 1.22 bits per heavy atom. The van der Waals surface area contributed by atoms with Crippen LogP contribution in [-0.2, 0) is 0 Å². The lowest BCUT2D eigenvalue weighted by atomic mass is 10.1. The van der Waals surface area contributed by atoms with Gasteiger partial charge in [0.2, 0.25) is 0 Å². The van der Waals surface area contributed by atoms with Gasteiger partial charge in [0.25, 0.3) is 0 Å². The topological polar surface area (TPSA) is 18.5 Å². The van der Waals surface area contributed by atoms with E-state index in [1.165, 1.54) is 12.1 Å². The molecule has 1 aromatic carbocycles. The fourth-order valence-corrected chi connectivity index (χ4v) is 1.45. The van der Waals surface area contributed by atoms with Crippen molar-refractivity contribution in [3.63, 3.8) is 0 Å². The molecule has 0 radical (unpaired) electrons. The lowest BCUT2D eigenvalue weighted by Gasteiger charge is -2.17. The summed E-state index contributed by atoms with van der Waals surface area (Å²) in [4.78, 5) is 0. The number of halogens is 3. The number of alkyl halides is 3. The highest BCUT2D eigenvalue weighted by Crippen LogP contribution is 2.32. The van der Waals surface area contributed by atoms with Crippen LogP contribution in [0.15, 0.2) is 23.8 Å². The smallest absolute Gasteiger partial charge is 0.488 e. The second kappa shape index (κ2) is 5.80. The molecule has 2 nitrogen and oxygen atoms in total. The van der Waals surface area contributed by atoms with Crippen LogP contribution < -0.4 is 9.47 Å². The summed E-state index contributed by atoms with van der Waals surface area (Å²) < 4.78 is 45.0. The average molecular weight is 260 g/mol. The molecule has 0 spiro atoms. The van der Waals surface area contributed by atoms with Gasteiger partial charge in [0.15, 0.2) is 0 Å². The van der Waals surface area contributed by atoms with E-state index in [1.807, 2.05) is 26.8 Å². The molecule has 0 fully saturated rings. The van der Waals surface area contributed by atoms with Gasteiger partial charge in [-0.05, 0) is 30.7 Å². The Morgan fingerprint density at radius 3 is 2.50 bits per heavy atom. The summed E-state index contributed by atoms with van der Waals surface area (Å²) in [6.45, 7) is 6.28. The van der Waals surface area contributed by atoms with Crippen LogP contribution in [0.1, 0.15) is 26.3 Å². The van der Waals surface area contributed by atoms with Crippen LogP contribution in [0.4, 0.5) is 13.2 Å². The third-order valence-corrected chi connectivity index (χ3v) is 2.08. The zero-order valence-corrected chi connectivity index (χ0v) is 10.5. The van der Waals surface area contributed by atoms with E-state index in [0.717, 1.165) is 11.1 Å². The molecule has 0 aliphatic carbocycles. The first-order chi connectivity index (χ1) is 8.44. The quantitative estimate of drug-likeness (QED) is 0.744. The van der Waals surface area contributed by atoms with E-state index in [1.54, 1.807) is 6.07 Å². The molecule has 18 heavy (non-hydrogen) atoms. The van der Waals surface area contributed by atoms with Crippen molar-refractivity contribution >= 4 is 6.08 Å². The van der Waals surface area contributed by atoms with E-state index in [0.29, 0.717) is 12.4 Å². The Morgan fingerprint density at radius 2 is 1.89 bits per heavy atom. The first-order valence-electron chi connectivity index (χ1n) is 5.64. The Hall–Kier alpha value is -1.65. The van der Waals surface area contributed by atoms with Gasteiger partial charge in [0.1, 0.15) is 18.1 Å². The van der Waals surface area contributed by atoms with Crippen LogP contribution in [0, 0.1) is 0 Å². The van der Waals surface area contributed by atoms with Crippen LogP contribution in [-0.4, -0.2) is 13.0 Å². The number of benzene rings is 1. The van der Waals surface area contributed by atoms with E-state index < -0.39 is 6.36 Å². The van der Waals surface area contributed by atoms with Crippen LogP contribution in [0.2, 0.25) is 0 Å². The van der Waals surface area contributed by atoms with Gasteiger partial charge in [-0.25, -0.2) is 0 Å². The number of hydrogen-bond donors (Lipinski definition) is 0. The van der Waals surface area contributed by atoms with Crippen molar-refractivity contribution in [2.24, 2.45) is 0 Å². The van der Waals surface area contributed by atoms with Gasteiger partial charge < -0.3 is 9.47 Å².